The monoisotopic (exact) mass is 436 g/mol. The molecule has 0 aromatic rings. The van der Waals surface area contributed by atoms with Crippen LogP contribution in [0.4, 0.5) is 0 Å². The van der Waals surface area contributed by atoms with Crippen LogP contribution in [-0.4, -0.2) is 99.7 Å². The van der Waals surface area contributed by atoms with Gasteiger partial charge in [0.15, 0.2) is 5.96 Å². The van der Waals surface area contributed by atoms with Crippen LogP contribution in [0.2, 0.25) is 0 Å². The van der Waals surface area contributed by atoms with Gasteiger partial charge in [0.25, 0.3) is 0 Å². The fourth-order valence-electron chi connectivity index (χ4n) is 5.84. The normalized spacial score (nSPS) is 29.1. The largest absolute Gasteiger partial charge is 0.379 e. The summed E-state index contributed by atoms with van der Waals surface area (Å²) >= 11 is 0. The van der Waals surface area contributed by atoms with Gasteiger partial charge < -0.3 is 24.4 Å². The minimum Gasteiger partial charge on any atom is -0.379 e. The molecule has 0 aromatic heterocycles. The Morgan fingerprint density at radius 2 is 1.74 bits per heavy atom. The predicted molar refractivity (Wildman–Crippen MR) is 124 cm³/mol. The Labute approximate surface area is 188 Å². The Bertz CT molecular complexity index is 547. The molecule has 1 N–H and O–H groups in total. The van der Waals surface area contributed by atoms with Crippen LogP contribution in [0, 0.1) is 0 Å². The van der Waals surface area contributed by atoms with Crippen molar-refractivity contribution in [3.8, 4) is 0 Å². The Kier molecular flexibility index (Phi) is 8.88. The number of hydrogen-bond acceptors (Lipinski definition) is 5. The Morgan fingerprint density at radius 1 is 0.968 bits per heavy atom. The van der Waals surface area contributed by atoms with Crippen LogP contribution in [0.1, 0.15) is 64.2 Å². The van der Waals surface area contributed by atoms with E-state index >= 15 is 0 Å². The second-order valence-corrected chi connectivity index (χ2v) is 9.79. The zero-order valence-electron chi connectivity index (χ0n) is 19.7. The molecule has 4 rings (SSSR count). The third-order valence-corrected chi connectivity index (χ3v) is 7.79. The van der Waals surface area contributed by atoms with E-state index in [-0.39, 0.29) is 5.54 Å². The summed E-state index contributed by atoms with van der Waals surface area (Å²) in [4.78, 5) is 9.77. The number of ether oxygens (including phenoxy) is 3. The molecule has 7 heteroatoms. The molecule has 4 aliphatic rings. The number of likely N-dealkylation sites (tertiary alicyclic amines) is 1. The Morgan fingerprint density at radius 3 is 2.42 bits per heavy atom. The first-order valence-corrected chi connectivity index (χ1v) is 12.8. The SMILES string of the molecule is CN=C(NCC1(N2CCOCC2)CCCCC1)N1CCC(OCC2CCCCO2)CC1. The molecular formula is C24H44N4O3. The first kappa shape index (κ1) is 23.3. The molecule has 3 saturated heterocycles. The highest BCUT2D eigenvalue weighted by Gasteiger charge is 2.39. The molecule has 31 heavy (non-hydrogen) atoms. The van der Waals surface area contributed by atoms with Gasteiger partial charge in [0, 0.05) is 51.9 Å². The van der Waals surface area contributed by atoms with Gasteiger partial charge in [-0.3, -0.25) is 9.89 Å². The molecule has 3 heterocycles. The molecule has 0 radical (unpaired) electrons. The standard InChI is InChI=1S/C24H44N4O3/c1-25-23(26-20-24(10-4-2-5-11-24)28-14-17-29-18-15-28)27-12-8-21(9-13-27)31-19-22-7-3-6-16-30-22/h21-22H,2-20H2,1H3,(H,25,26). The van der Waals surface area contributed by atoms with Crippen LogP contribution in [0.5, 0.6) is 0 Å². The Balaban J connectivity index is 1.24. The molecule has 1 saturated carbocycles. The fraction of sp³-hybridized carbons (Fsp3) is 0.958. The third kappa shape index (κ3) is 6.34. The van der Waals surface area contributed by atoms with Gasteiger partial charge in [-0.1, -0.05) is 19.3 Å². The minimum absolute atomic E-state index is 0.263. The maximum atomic E-state index is 6.20. The molecule has 1 unspecified atom stereocenters. The van der Waals surface area contributed by atoms with Crippen LogP contribution in [-0.2, 0) is 14.2 Å². The molecule has 0 amide bonds. The third-order valence-electron chi connectivity index (χ3n) is 7.79. The van der Waals surface area contributed by atoms with Crippen LogP contribution in [0.3, 0.4) is 0 Å². The number of nitrogens with zero attached hydrogens (tertiary/aromatic N) is 3. The maximum Gasteiger partial charge on any atom is 0.193 e. The fourth-order valence-corrected chi connectivity index (χ4v) is 5.84. The first-order valence-electron chi connectivity index (χ1n) is 12.8. The molecular weight excluding hydrogens is 392 g/mol. The van der Waals surface area contributed by atoms with Crippen molar-refractivity contribution in [2.75, 3.05) is 66.2 Å². The number of aliphatic imine (C=N–C) groups is 1. The highest BCUT2D eigenvalue weighted by molar-refractivity contribution is 5.80. The summed E-state index contributed by atoms with van der Waals surface area (Å²) in [5.41, 5.74) is 0.263. The second-order valence-electron chi connectivity index (χ2n) is 9.79. The van der Waals surface area contributed by atoms with Gasteiger partial charge in [0.05, 0.1) is 32.0 Å². The predicted octanol–water partition coefficient (Wildman–Crippen LogP) is 2.65. The Hall–Kier alpha value is -0.890. The number of rotatable bonds is 6. The molecule has 4 fully saturated rings. The molecule has 178 valence electrons. The van der Waals surface area contributed by atoms with E-state index in [4.69, 9.17) is 14.2 Å². The molecule has 7 nitrogen and oxygen atoms in total. The lowest BCUT2D eigenvalue weighted by Crippen LogP contribution is -2.61. The molecule has 1 atom stereocenters. The highest BCUT2D eigenvalue weighted by Crippen LogP contribution is 2.34. The molecule has 3 aliphatic heterocycles. The highest BCUT2D eigenvalue weighted by atomic mass is 16.5. The van der Waals surface area contributed by atoms with Crippen molar-refractivity contribution in [2.24, 2.45) is 4.99 Å². The number of morpholine rings is 1. The number of guanidine groups is 1. The number of hydrogen-bond donors (Lipinski definition) is 1. The number of piperidine rings is 1. The summed E-state index contributed by atoms with van der Waals surface area (Å²) in [6, 6.07) is 0. The van der Waals surface area contributed by atoms with Crippen molar-refractivity contribution in [2.45, 2.75) is 82.0 Å². The van der Waals surface area contributed by atoms with Gasteiger partial charge in [0.1, 0.15) is 0 Å². The average Bonchev–Trinajstić information content (AvgIpc) is 2.85. The molecule has 0 bridgehead atoms. The average molecular weight is 437 g/mol. The maximum absolute atomic E-state index is 6.20. The lowest BCUT2D eigenvalue weighted by atomic mass is 9.79. The van der Waals surface area contributed by atoms with Gasteiger partial charge in [-0.2, -0.15) is 0 Å². The van der Waals surface area contributed by atoms with Gasteiger partial charge in [-0.05, 0) is 44.9 Å². The summed E-state index contributed by atoms with van der Waals surface area (Å²) in [5, 5.41) is 3.78. The summed E-state index contributed by atoms with van der Waals surface area (Å²) < 4.78 is 17.7. The topological polar surface area (TPSA) is 58.6 Å². The second kappa shape index (κ2) is 11.8. The van der Waals surface area contributed by atoms with Crippen LogP contribution >= 0.6 is 0 Å². The van der Waals surface area contributed by atoms with Crippen molar-refractivity contribution in [1.82, 2.24) is 15.1 Å². The van der Waals surface area contributed by atoms with E-state index < -0.39 is 0 Å². The van der Waals surface area contributed by atoms with Crippen molar-refractivity contribution >= 4 is 5.96 Å². The summed E-state index contributed by atoms with van der Waals surface area (Å²) in [7, 11) is 1.92. The van der Waals surface area contributed by atoms with E-state index in [2.05, 4.69) is 20.1 Å². The first-order chi connectivity index (χ1) is 15.3. The van der Waals surface area contributed by atoms with Gasteiger partial charge >= 0.3 is 0 Å². The van der Waals surface area contributed by atoms with Crippen molar-refractivity contribution in [3.63, 3.8) is 0 Å². The van der Waals surface area contributed by atoms with Gasteiger partial charge in [-0.25, -0.2) is 0 Å². The quantitative estimate of drug-likeness (QED) is 0.510. The van der Waals surface area contributed by atoms with E-state index in [0.29, 0.717) is 12.2 Å². The molecule has 1 aliphatic carbocycles. The lowest BCUT2D eigenvalue weighted by Gasteiger charge is -2.48. The summed E-state index contributed by atoms with van der Waals surface area (Å²) in [5.74, 6) is 1.06. The molecule has 0 spiro atoms. The van der Waals surface area contributed by atoms with E-state index in [1.54, 1.807) is 0 Å². The smallest absolute Gasteiger partial charge is 0.193 e. The van der Waals surface area contributed by atoms with Crippen LogP contribution in [0.25, 0.3) is 0 Å². The van der Waals surface area contributed by atoms with E-state index in [0.717, 1.165) is 84.4 Å². The zero-order valence-corrected chi connectivity index (χ0v) is 19.7. The summed E-state index contributed by atoms with van der Waals surface area (Å²) in [6.07, 6.45) is 13.1. The lowest BCUT2D eigenvalue weighted by molar-refractivity contribution is -0.0722. The van der Waals surface area contributed by atoms with Gasteiger partial charge in [0.2, 0.25) is 0 Å². The van der Waals surface area contributed by atoms with Crippen molar-refractivity contribution in [3.05, 3.63) is 0 Å². The van der Waals surface area contributed by atoms with E-state index in [9.17, 15) is 0 Å². The van der Waals surface area contributed by atoms with E-state index in [1.807, 2.05) is 7.05 Å². The molecule has 0 aromatic carbocycles. The van der Waals surface area contributed by atoms with Crippen LogP contribution in [0.15, 0.2) is 4.99 Å². The van der Waals surface area contributed by atoms with Crippen molar-refractivity contribution in [1.29, 1.82) is 0 Å². The van der Waals surface area contributed by atoms with E-state index in [1.165, 1.54) is 44.9 Å². The minimum atomic E-state index is 0.263. The summed E-state index contributed by atoms with van der Waals surface area (Å²) in [6.45, 7) is 8.56. The number of nitrogens with one attached hydrogen (secondary N) is 1. The zero-order chi connectivity index (χ0) is 21.4. The van der Waals surface area contributed by atoms with Crippen LogP contribution < -0.4 is 5.32 Å². The van der Waals surface area contributed by atoms with Gasteiger partial charge in [-0.15, -0.1) is 0 Å². The van der Waals surface area contributed by atoms with Crippen molar-refractivity contribution < 1.29 is 14.2 Å².